The van der Waals surface area contributed by atoms with Gasteiger partial charge in [0.1, 0.15) is 0 Å². The third kappa shape index (κ3) is 4.16. The van der Waals surface area contributed by atoms with Gasteiger partial charge in [-0.25, -0.2) is 0 Å². The Morgan fingerprint density at radius 1 is 1.30 bits per heavy atom. The van der Waals surface area contributed by atoms with Crippen LogP contribution < -0.4 is 0 Å². The predicted octanol–water partition coefficient (Wildman–Crippen LogP) is 2.73. The molecule has 2 heterocycles. The minimum Gasteiger partial charge on any atom is -0.373 e. The maximum Gasteiger partial charge on any atom is 0.264 e. The standard InChI is InChI=1S/C17H19NO4S/c1-23(19,20)22-10-7-17-16-5-4-13(11-14(16)6-9-21-17)15-3-2-8-18-12-15/h2-5,8,11-12,17H,6-7,9-10H2,1H3/t17-/m0/s1. The molecule has 1 aromatic carbocycles. The molecule has 0 amide bonds. The zero-order valence-electron chi connectivity index (χ0n) is 12.9. The van der Waals surface area contributed by atoms with Gasteiger partial charge >= 0.3 is 0 Å². The van der Waals surface area contributed by atoms with E-state index in [1.54, 1.807) is 6.20 Å². The second kappa shape index (κ2) is 6.78. The highest BCUT2D eigenvalue weighted by molar-refractivity contribution is 7.85. The highest BCUT2D eigenvalue weighted by Gasteiger charge is 2.21. The first-order valence-electron chi connectivity index (χ1n) is 7.52. The fourth-order valence-corrected chi connectivity index (χ4v) is 3.19. The Kier molecular flexibility index (Phi) is 4.75. The summed E-state index contributed by atoms with van der Waals surface area (Å²) < 4.78 is 32.7. The number of ether oxygens (including phenoxy) is 1. The molecule has 3 rings (SSSR count). The SMILES string of the molecule is CS(=O)(=O)OCC[C@@H]1OCCc2cc(-c3cccnc3)ccc21. The highest BCUT2D eigenvalue weighted by atomic mass is 32.2. The maximum absolute atomic E-state index is 11.1. The van der Waals surface area contributed by atoms with Crippen LogP contribution in [-0.2, 0) is 25.5 Å². The van der Waals surface area contributed by atoms with Gasteiger partial charge in [-0.15, -0.1) is 0 Å². The van der Waals surface area contributed by atoms with Crippen molar-refractivity contribution in [3.8, 4) is 11.1 Å². The summed E-state index contributed by atoms with van der Waals surface area (Å²) in [5.74, 6) is 0. The van der Waals surface area contributed by atoms with Crippen molar-refractivity contribution in [3.63, 3.8) is 0 Å². The van der Waals surface area contributed by atoms with Crippen LogP contribution in [0.5, 0.6) is 0 Å². The fourth-order valence-electron chi connectivity index (χ4n) is 2.80. The average Bonchev–Trinajstić information content (AvgIpc) is 2.54. The summed E-state index contributed by atoms with van der Waals surface area (Å²) in [5.41, 5.74) is 4.56. The highest BCUT2D eigenvalue weighted by Crippen LogP contribution is 2.32. The third-order valence-electron chi connectivity index (χ3n) is 3.85. The molecule has 0 N–H and O–H groups in total. The number of hydrogen-bond donors (Lipinski definition) is 0. The molecule has 122 valence electrons. The first kappa shape index (κ1) is 16.1. The summed E-state index contributed by atoms with van der Waals surface area (Å²) in [4.78, 5) is 4.15. The zero-order chi connectivity index (χ0) is 16.3. The largest absolute Gasteiger partial charge is 0.373 e. The molecule has 23 heavy (non-hydrogen) atoms. The Labute approximate surface area is 136 Å². The molecule has 6 heteroatoms. The van der Waals surface area contributed by atoms with Gasteiger partial charge < -0.3 is 4.74 Å². The Morgan fingerprint density at radius 2 is 2.17 bits per heavy atom. The molecule has 0 spiro atoms. The van der Waals surface area contributed by atoms with Gasteiger partial charge in [0.2, 0.25) is 0 Å². The minimum absolute atomic E-state index is 0.122. The lowest BCUT2D eigenvalue weighted by molar-refractivity contribution is 0.0283. The molecule has 0 saturated heterocycles. The molecule has 2 aromatic rings. The Balaban J connectivity index is 1.77. The van der Waals surface area contributed by atoms with Crippen molar-refractivity contribution >= 4 is 10.1 Å². The quantitative estimate of drug-likeness (QED) is 0.787. The Hall–Kier alpha value is -1.76. The lowest BCUT2D eigenvalue weighted by atomic mass is 9.92. The number of pyridine rings is 1. The first-order chi connectivity index (χ1) is 11.0. The Bertz CT molecular complexity index is 774. The van der Waals surface area contributed by atoms with Gasteiger partial charge in [-0.1, -0.05) is 24.3 Å². The van der Waals surface area contributed by atoms with Gasteiger partial charge in [-0.3, -0.25) is 9.17 Å². The van der Waals surface area contributed by atoms with Crippen LogP contribution >= 0.6 is 0 Å². The smallest absolute Gasteiger partial charge is 0.264 e. The maximum atomic E-state index is 11.1. The van der Waals surface area contributed by atoms with Crippen molar-refractivity contribution in [2.75, 3.05) is 19.5 Å². The number of aromatic nitrogens is 1. The van der Waals surface area contributed by atoms with Crippen molar-refractivity contribution in [3.05, 3.63) is 53.9 Å². The van der Waals surface area contributed by atoms with Crippen LogP contribution in [0.25, 0.3) is 11.1 Å². The van der Waals surface area contributed by atoms with Gasteiger partial charge in [-0.05, 0) is 34.7 Å². The normalized spacial score (nSPS) is 17.7. The van der Waals surface area contributed by atoms with E-state index >= 15 is 0 Å². The average molecular weight is 333 g/mol. The van der Waals surface area contributed by atoms with Crippen molar-refractivity contribution in [2.45, 2.75) is 18.9 Å². The van der Waals surface area contributed by atoms with Crippen molar-refractivity contribution in [2.24, 2.45) is 0 Å². The Morgan fingerprint density at radius 3 is 2.91 bits per heavy atom. The van der Waals surface area contributed by atoms with E-state index < -0.39 is 10.1 Å². The van der Waals surface area contributed by atoms with E-state index in [9.17, 15) is 8.42 Å². The molecule has 1 atom stereocenters. The molecule has 0 radical (unpaired) electrons. The van der Waals surface area contributed by atoms with Gasteiger partial charge in [0.15, 0.2) is 0 Å². The number of hydrogen-bond acceptors (Lipinski definition) is 5. The van der Waals surface area contributed by atoms with Gasteiger partial charge in [-0.2, -0.15) is 8.42 Å². The summed E-state index contributed by atoms with van der Waals surface area (Å²) in [6, 6.07) is 10.2. The number of nitrogens with zero attached hydrogens (tertiary/aromatic N) is 1. The number of rotatable bonds is 5. The van der Waals surface area contributed by atoms with Crippen molar-refractivity contribution in [1.82, 2.24) is 4.98 Å². The summed E-state index contributed by atoms with van der Waals surface area (Å²) in [7, 11) is -3.41. The molecule has 1 aliphatic rings. The van der Waals surface area contributed by atoms with Crippen LogP contribution in [0.15, 0.2) is 42.7 Å². The summed E-state index contributed by atoms with van der Waals surface area (Å²) in [5, 5.41) is 0. The monoisotopic (exact) mass is 333 g/mol. The molecule has 0 aliphatic carbocycles. The van der Waals surface area contributed by atoms with Gasteiger partial charge in [0.05, 0.1) is 25.6 Å². The molecule has 0 fully saturated rings. The van der Waals surface area contributed by atoms with E-state index in [1.165, 1.54) is 5.56 Å². The molecular formula is C17H19NO4S. The molecule has 5 nitrogen and oxygen atoms in total. The number of fused-ring (bicyclic) bond motifs is 1. The van der Waals surface area contributed by atoms with Gasteiger partial charge in [0, 0.05) is 18.8 Å². The van der Waals surface area contributed by atoms with Crippen LogP contribution in [0.1, 0.15) is 23.7 Å². The van der Waals surface area contributed by atoms with Crippen LogP contribution in [0.4, 0.5) is 0 Å². The van der Waals surface area contributed by atoms with Crippen LogP contribution in [0, 0.1) is 0 Å². The molecule has 0 saturated carbocycles. The summed E-state index contributed by atoms with van der Waals surface area (Å²) >= 11 is 0. The second-order valence-electron chi connectivity index (χ2n) is 5.58. The third-order valence-corrected chi connectivity index (χ3v) is 4.45. The summed E-state index contributed by atoms with van der Waals surface area (Å²) in [6.45, 7) is 0.764. The van der Waals surface area contributed by atoms with E-state index in [4.69, 9.17) is 8.92 Å². The van der Waals surface area contributed by atoms with E-state index in [2.05, 4.69) is 23.2 Å². The topological polar surface area (TPSA) is 65.5 Å². The minimum atomic E-state index is -3.41. The summed E-state index contributed by atoms with van der Waals surface area (Å²) in [6.07, 6.45) is 5.91. The lowest BCUT2D eigenvalue weighted by Gasteiger charge is -2.26. The fraction of sp³-hybridized carbons (Fsp3) is 0.353. The predicted molar refractivity (Wildman–Crippen MR) is 87.5 cm³/mol. The van der Waals surface area contributed by atoms with Gasteiger partial charge in [0.25, 0.3) is 10.1 Å². The van der Waals surface area contributed by atoms with Crippen molar-refractivity contribution < 1.29 is 17.3 Å². The van der Waals surface area contributed by atoms with E-state index in [1.807, 2.05) is 18.3 Å². The molecule has 1 aliphatic heterocycles. The van der Waals surface area contributed by atoms with E-state index in [0.717, 1.165) is 29.4 Å². The first-order valence-corrected chi connectivity index (χ1v) is 9.34. The zero-order valence-corrected chi connectivity index (χ0v) is 13.8. The number of benzene rings is 1. The van der Waals surface area contributed by atoms with Crippen LogP contribution in [0.3, 0.4) is 0 Å². The lowest BCUT2D eigenvalue weighted by Crippen LogP contribution is -2.18. The van der Waals surface area contributed by atoms with Crippen LogP contribution in [0.2, 0.25) is 0 Å². The molecular weight excluding hydrogens is 314 g/mol. The molecule has 0 unspecified atom stereocenters. The molecule has 0 bridgehead atoms. The van der Waals surface area contributed by atoms with E-state index in [-0.39, 0.29) is 12.7 Å². The van der Waals surface area contributed by atoms with Crippen molar-refractivity contribution in [1.29, 1.82) is 0 Å². The molecule has 1 aromatic heterocycles. The van der Waals surface area contributed by atoms with E-state index in [0.29, 0.717) is 13.0 Å². The van der Waals surface area contributed by atoms with Crippen LogP contribution in [-0.4, -0.2) is 32.9 Å². The second-order valence-corrected chi connectivity index (χ2v) is 7.22.